The van der Waals surface area contributed by atoms with E-state index in [2.05, 4.69) is 0 Å². The lowest BCUT2D eigenvalue weighted by atomic mass is 9.98. The van der Waals surface area contributed by atoms with Gasteiger partial charge in [-0.2, -0.15) is 0 Å². The van der Waals surface area contributed by atoms with E-state index in [-0.39, 0.29) is 23.2 Å². The minimum absolute atomic E-state index is 0.0348. The molecule has 0 aromatic carbocycles. The molecule has 0 amide bonds. The minimum Gasteiger partial charge on any atom is -0.393 e. The van der Waals surface area contributed by atoms with Crippen LogP contribution in [0.3, 0.4) is 0 Å². The Bertz CT molecular complexity index is 423. The molecule has 0 aromatic heterocycles. The zero-order valence-corrected chi connectivity index (χ0v) is 10.9. The molecule has 1 aliphatic heterocycles. The van der Waals surface area contributed by atoms with E-state index in [9.17, 15) is 21.9 Å². The topological polar surface area (TPSA) is 88.5 Å². The highest BCUT2D eigenvalue weighted by Crippen LogP contribution is 2.24. The monoisotopic (exact) mass is 270 g/mol. The van der Waals surface area contributed by atoms with Crippen LogP contribution < -0.4 is 0 Å². The van der Waals surface area contributed by atoms with Crippen molar-refractivity contribution in [3.8, 4) is 0 Å². The Morgan fingerprint density at radius 3 is 2.50 bits per heavy atom. The molecule has 2 atom stereocenters. The van der Waals surface area contributed by atoms with Crippen LogP contribution >= 0.6 is 0 Å². The average molecular weight is 270 g/mol. The first-order valence-corrected chi connectivity index (χ1v) is 9.14. The Morgan fingerprint density at radius 1 is 1.44 bits per heavy atom. The lowest BCUT2D eigenvalue weighted by Crippen LogP contribution is -2.22. The maximum absolute atomic E-state index is 11.2. The van der Waals surface area contributed by atoms with Crippen LogP contribution in [0, 0.1) is 5.92 Å². The Balaban J connectivity index is 2.34. The smallest absolute Gasteiger partial charge is 0.150 e. The molecular formula is C9H18O5S2. The summed E-state index contributed by atoms with van der Waals surface area (Å²) in [6.07, 6.45) is 1.69. The zero-order chi connectivity index (χ0) is 12.4. The second-order valence-electron chi connectivity index (χ2n) is 4.50. The van der Waals surface area contributed by atoms with Crippen LogP contribution in [-0.2, 0) is 19.7 Å². The molecule has 5 nitrogen and oxygen atoms in total. The summed E-state index contributed by atoms with van der Waals surface area (Å²) in [6, 6.07) is 0. The lowest BCUT2D eigenvalue weighted by Gasteiger charge is -2.15. The Hall–Kier alpha value is -0.140. The van der Waals surface area contributed by atoms with Crippen LogP contribution in [-0.4, -0.2) is 51.6 Å². The number of rotatable bonds is 5. The van der Waals surface area contributed by atoms with Crippen molar-refractivity contribution in [1.82, 2.24) is 0 Å². The zero-order valence-electron chi connectivity index (χ0n) is 9.29. The van der Waals surface area contributed by atoms with Gasteiger partial charge in [0.1, 0.15) is 9.84 Å². The molecule has 0 spiro atoms. The molecular weight excluding hydrogens is 252 g/mol. The second kappa shape index (κ2) is 5.01. The van der Waals surface area contributed by atoms with E-state index in [0.717, 1.165) is 6.26 Å². The van der Waals surface area contributed by atoms with E-state index in [1.165, 1.54) is 0 Å². The molecule has 0 aliphatic carbocycles. The Kier molecular flexibility index (Phi) is 4.36. The van der Waals surface area contributed by atoms with Gasteiger partial charge in [-0.05, 0) is 25.2 Å². The van der Waals surface area contributed by atoms with Crippen LogP contribution in [0.4, 0.5) is 0 Å². The van der Waals surface area contributed by atoms with Gasteiger partial charge in [0, 0.05) is 12.0 Å². The normalized spacial score (nSPS) is 26.8. The summed E-state index contributed by atoms with van der Waals surface area (Å²) in [4.78, 5) is 0. The molecule has 96 valence electrons. The highest BCUT2D eigenvalue weighted by atomic mass is 32.2. The van der Waals surface area contributed by atoms with Crippen LogP contribution in [0.2, 0.25) is 0 Å². The number of hydrogen-bond donors (Lipinski definition) is 1. The third-order valence-corrected chi connectivity index (χ3v) is 5.65. The SMILES string of the molecule is CS(=O)(=O)CCCC(O)C1CCS(=O)(=O)C1. The fourth-order valence-corrected chi connectivity index (χ4v) is 4.48. The van der Waals surface area contributed by atoms with E-state index in [0.29, 0.717) is 19.3 Å². The third kappa shape index (κ3) is 4.80. The van der Waals surface area contributed by atoms with Gasteiger partial charge in [0.05, 0.1) is 17.6 Å². The molecule has 0 saturated carbocycles. The summed E-state index contributed by atoms with van der Waals surface area (Å²) in [5.41, 5.74) is 0. The van der Waals surface area contributed by atoms with Gasteiger partial charge in [-0.15, -0.1) is 0 Å². The molecule has 0 aromatic rings. The molecule has 1 fully saturated rings. The molecule has 1 N–H and O–H groups in total. The minimum atomic E-state index is -3.00. The van der Waals surface area contributed by atoms with E-state index in [4.69, 9.17) is 0 Å². The molecule has 0 bridgehead atoms. The van der Waals surface area contributed by atoms with Crippen molar-refractivity contribution in [2.45, 2.75) is 25.4 Å². The standard InChI is InChI=1S/C9H18O5S2/c1-15(11,12)5-2-3-9(10)8-4-6-16(13,14)7-8/h8-10H,2-7H2,1H3. The van der Waals surface area contributed by atoms with E-state index in [1.54, 1.807) is 0 Å². The Labute approximate surface area is 96.7 Å². The predicted molar refractivity (Wildman–Crippen MR) is 61.7 cm³/mol. The molecule has 1 heterocycles. The molecule has 7 heteroatoms. The van der Waals surface area contributed by atoms with E-state index in [1.807, 2.05) is 0 Å². The van der Waals surface area contributed by atoms with Crippen molar-refractivity contribution in [2.75, 3.05) is 23.5 Å². The Morgan fingerprint density at radius 2 is 2.06 bits per heavy atom. The first kappa shape index (κ1) is 13.9. The number of aliphatic hydroxyl groups is 1. The number of hydrogen-bond acceptors (Lipinski definition) is 5. The summed E-state index contributed by atoms with van der Waals surface area (Å²) in [6.45, 7) is 0. The summed E-state index contributed by atoms with van der Waals surface area (Å²) < 4.78 is 44.1. The van der Waals surface area contributed by atoms with Crippen LogP contribution in [0.5, 0.6) is 0 Å². The van der Waals surface area contributed by atoms with Gasteiger partial charge in [0.15, 0.2) is 9.84 Å². The quantitative estimate of drug-likeness (QED) is 0.735. The van der Waals surface area contributed by atoms with Crippen molar-refractivity contribution < 1.29 is 21.9 Å². The molecule has 2 unspecified atom stereocenters. The maximum Gasteiger partial charge on any atom is 0.150 e. The van der Waals surface area contributed by atoms with Crippen molar-refractivity contribution in [3.05, 3.63) is 0 Å². The van der Waals surface area contributed by atoms with Crippen molar-refractivity contribution in [2.24, 2.45) is 5.92 Å². The molecule has 1 rings (SSSR count). The largest absolute Gasteiger partial charge is 0.393 e. The molecule has 1 aliphatic rings. The summed E-state index contributed by atoms with van der Waals surface area (Å²) in [5.74, 6) is 0.00162. The van der Waals surface area contributed by atoms with Crippen molar-refractivity contribution >= 4 is 19.7 Å². The van der Waals surface area contributed by atoms with Gasteiger partial charge in [0.25, 0.3) is 0 Å². The highest BCUT2D eigenvalue weighted by molar-refractivity contribution is 7.91. The van der Waals surface area contributed by atoms with Gasteiger partial charge >= 0.3 is 0 Å². The van der Waals surface area contributed by atoms with E-state index < -0.39 is 25.8 Å². The first-order chi connectivity index (χ1) is 7.20. The highest BCUT2D eigenvalue weighted by Gasteiger charge is 2.32. The van der Waals surface area contributed by atoms with Gasteiger partial charge in [-0.25, -0.2) is 16.8 Å². The summed E-state index contributed by atoms with van der Waals surface area (Å²) in [5, 5.41) is 9.72. The number of sulfone groups is 2. The van der Waals surface area contributed by atoms with Crippen molar-refractivity contribution in [1.29, 1.82) is 0 Å². The lowest BCUT2D eigenvalue weighted by molar-refractivity contribution is 0.110. The summed E-state index contributed by atoms with van der Waals surface area (Å²) in [7, 11) is -5.97. The fraction of sp³-hybridized carbons (Fsp3) is 1.00. The fourth-order valence-electron chi connectivity index (χ4n) is 1.92. The molecule has 1 saturated heterocycles. The van der Waals surface area contributed by atoms with Crippen LogP contribution in [0.15, 0.2) is 0 Å². The van der Waals surface area contributed by atoms with Crippen LogP contribution in [0.1, 0.15) is 19.3 Å². The van der Waals surface area contributed by atoms with E-state index >= 15 is 0 Å². The number of aliphatic hydroxyl groups excluding tert-OH is 1. The van der Waals surface area contributed by atoms with Crippen LogP contribution in [0.25, 0.3) is 0 Å². The van der Waals surface area contributed by atoms with Crippen molar-refractivity contribution in [3.63, 3.8) is 0 Å². The second-order valence-corrected chi connectivity index (χ2v) is 8.99. The van der Waals surface area contributed by atoms with Gasteiger partial charge < -0.3 is 5.11 Å². The van der Waals surface area contributed by atoms with Gasteiger partial charge in [-0.1, -0.05) is 0 Å². The predicted octanol–water partition coefficient (Wildman–Crippen LogP) is -0.393. The van der Waals surface area contributed by atoms with Gasteiger partial charge in [0.2, 0.25) is 0 Å². The maximum atomic E-state index is 11.2. The third-order valence-electron chi connectivity index (χ3n) is 2.83. The molecule has 16 heavy (non-hydrogen) atoms. The first-order valence-electron chi connectivity index (χ1n) is 5.26. The summed E-state index contributed by atoms with van der Waals surface area (Å²) >= 11 is 0. The average Bonchev–Trinajstić information content (AvgIpc) is 2.43. The van der Waals surface area contributed by atoms with Gasteiger partial charge in [-0.3, -0.25) is 0 Å². The molecule has 0 radical (unpaired) electrons.